The van der Waals surface area contributed by atoms with E-state index in [9.17, 15) is 9.59 Å². The molecule has 0 heterocycles. The molecule has 0 radical (unpaired) electrons. The minimum absolute atomic E-state index is 0.0632. The predicted molar refractivity (Wildman–Crippen MR) is 102 cm³/mol. The Kier molecular flexibility index (Phi) is 11.2. The van der Waals surface area contributed by atoms with Crippen molar-refractivity contribution in [2.24, 2.45) is 0 Å². The Labute approximate surface area is 158 Å². The van der Waals surface area contributed by atoms with Gasteiger partial charge in [0.2, 0.25) is 0 Å². The van der Waals surface area contributed by atoms with E-state index in [1.165, 1.54) is 20.0 Å². The molecule has 1 aromatic rings. The molecule has 0 aromatic heterocycles. The Morgan fingerprint density at radius 1 is 1.08 bits per heavy atom. The summed E-state index contributed by atoms with van der Waals surface area (Å²) < 4.78 is 4.46. The lowest BCUT2D eigenvalue weighted by Gasteiger charge is -2.05. The number of hydrogen-bond acceptors (Lipinski definition) is 4. The van der Waals surface area contributed by atoms with Crippen molar-refractivity contribution in [1.29, 1.82) is 0 Å². The lowest BCUT2D eigenvalue weighted by atomic mass is 10.1. The van der Waals surface area contributed by atoms with Gasteiger partial charge in [-0.25, -0.2) is 0 Å². The van der Waals surface area contributed by atoms with Gasteiger partial charge >= 0.3 is 5.97 Å². The molecule has 24 heavy (non-hydrogen) atoms. The first-order valence-corrected chi connectivity index (χ1v) is 10.0. The maximum absolute atomic E-state index is 11.4. The fraction of sp³-hybridized carbons (Fsp3) is 0.556. The lowest BCUT2D eigenvalue weighted by molar-refractivity contribution is -0.142. The van der Waals surface area contributed by atoms with E-state index in [1.54, 1.807) is 17.8 Å². The number of ketones is 1. The summed E-state index contributed by atoms with van der Waals surface area (Å²) >= 11 is 13.6. The van der Waals surface area contributed by atoms with Crippen LogP contribution >= 0.6 is 35.0 Å². The number of carbonyl (C=O) groups excluding carboxylic acids is 2. The van der Waals surface area contributed by atoms with Crippen LogP contribution in [0.1, 0.15) is 44.1 Å². The zero-order valence-corrected chi connectivity index (χ0v) is 16.3. The van der Waals surface area contributed by atoms with E-state index in [4.69, 9.17) is 23.2 Å². The Bertz CT molecular complexity index is 535. The molecule has 1 aromatic carbocycles. The van der Waals surface area contributed by atoms with Gasteiger partial charge in [-0.3, -0.25) is 9.59 Å². The fourth-order valence-corrected chi connectivity index (χ4v) is 3.63. The summed E-state index contributed by atoms with van der Waals surface area (Å²) in [5.41, 5.74) is 1.15. The van der Waals surface area contributed by atoms with Crippen molar-refractivity contribution in [2.45, 2.75) is 44.9 Å². The standard InChI is InChI=1S/C18H24Cl2O3S/c1-23-18(22)12-16(21)13-24-10-6-4-2-3-5-7-14-8-9-15(19)11-17(14)20/h8-9,11H,2-7,10,12-13H2,1H3. The number of carbonyl (C=O) groups is 2. The van der Waals surface area contributed by atoms with Crippen molar-refractivity contribution in [3.05, 3.63) is 33.8 Å². The van der Waals surface area contributed by atoms with E-state index in [0.717, 1.165) is 42.0 Å². The van der Waals surface area contributed by atoms with E-state index in [-0.39, 0.29) is 12.2 Å². The Balaban J connectivity index is 1.97. The molecule has 0 unspecified atom stereocenters. The molecule has 0 bridgehead atoms. The van der Waals surface area contributed by atoms with Crippen LogP contribution in [0.2, 0.25) is 10.0 Å². The predicted octanol–water partition coefficient (Wildman–Crippen LogP) is 5.35. The summed E-state index contributed by atoms with van der Waals surface area (Å²) in [6.07, 6.45) is 6.59. The molecule has 0 spiro atoms. The Morgan fingerprint density at radius 3 is 2.50 bits per heavy atom. The molecule has 0 aliphatic carbocycles. The first-order chi connectivity index (χ1) is 11.5. The van der Waals surface area contributed by atoms with Gasteiger partial charge in [-0.05, 0) is 42.7 Å². The van der Waals surface area contributed by atoms with E-state index in [1.807, 2.05) is 12.1 Å². The number of Topliss-reactive ketones (excluding diaryl/α,β-unsaturated/α-hetero) is 1. The van der Waals surface area contributed by atoms with Gasteiger partial charge in [-0.15, -0.1) is 0 Å². The third kappa shape index (κ3) is 9.55. The maximum atomic E-state index is 11.4. The summed E-state index contributed by atoms with van der Waals surface area (Å²) in [6, 6.07) is 5.66. The summed E-state index contributed by atoms with van der Waals surface area (Å²) in [6.45, 7) is 0. The molecule has 0 aliphatic rings. The molecule has 0 N–H and O–H groups in total. The van der Waals surface area contributed by atoms with Crippen molar-refractivity contribution in [1.82, 2.24) is 0 Å². The quantitative estimate of drug-likeness (QED) is 0.274. The SMILES string of the molecule is COC(=O)CC(=O)CSCCCCCCCc1ccc(Cl)cc1Cl. The average Bonchev–Trinajstić information content (AvgIpc) is 2.54. The molecule has 3 nitrogen and oxygen atoms in total. The third-order valence-electron chi connectivity index (χ3n) is 3.58. The number of benzene rings is 1. The van der Waals surface area contributed by atoms with E-state index >= 15 is 0 Å². The minimum Gasteiger partial charge on any atom is -0.469 e. The van der Waals surface area contributed by atoms with Gasteiger partial charge in [-0.2, -0.15) is 11.8 Å². The second-order valence-corrected chi connectivity index (χ2v) is 7.55. The van der Waals surface area contributed by atoms with E-state index < -0.39 is 5.97 Å². The van der Waals surface area contributed by atoms with Gasteiger partial charge in [0, 0.05) is 10.0 Å². The molecule has 134 valence electrons. The van der Waals surface area contributed by atoms with Gasteiger partial charge in [0.05, 0.1) is 12.9 Å². The highest BCUT2D eigenvalue weighted by atomic mass is 35.5. The largest absolute Gasteiger partial charge is 0.469 e. The van der Waals surface area contributed by atoms with Crippen LogP contribution in [0.4, 0.5) is 0 Å². The van der Waals surface area contributed by atoms with Crippen LogP contribution in [0.15, 0.2) is 18.2 Å². The van der Waals surface area contributed by atoms with Crippen LogP contribution in [0.5, 0.6) is 0 Å². The molecule has 0 fully saturated rings. The number of aryl methyl sites for hydroxylation is 1. The number of methoxy groups -OCH3 is 1. The van der Waals surface area contributed by atoms with Crippen LogP contribution in [-0.4, -0.2) is 30.4 Å². The minimum atomic E-state index is -0.457. The van der Waals surface area contributed by atoms with Gasteiger partial charge in [0.15, 0.2) is 5.78 Å². The lowest BCUT2D eigenvalue weighted by Crippen LogP contribution is -2.11. The van der Waals surface area contributed by atoms with Gasteiger partial charge in [0.25, 0.3) is 0 Å². The van der Waals surface area contributed by atoms with Crippen LogP contribution < -0.4 is 0 Å². The van der Waals surface area contributed by atoms with E-state index in [2.05, 4.69) is 4.74 Å². The molecular weight excluding hydrogens is 367 g/mol. The molecule has 1 rings (SSSR count). The summed E-state index contributed by atoms with van der Waals surface area (Å²) in [5.74, 6) is 0.827. The van der Waals surface area contributed by atoms with Crippen LogP contribution in [0.25, 0.3) is 0 Å². The average molecular weight is 391 g/mol. The van der Waals surface area contributed by atoms with Crippen LogP contribution in [0.3, 0.4) is 0 Å². The van der Waals surface area contributed by atoms with Gasteiger partial charge < -0.3 is 4.74 Å². The van der Waals surface area contributed by atoms with Crippen molar-refractivity contribution >= 4 is 46.7 Å². The summed E-state index contributed by atoms with van der Waals surface area (Å²) in [5, 5.41) is 1.42. The van der Waals surface area contributed by atoms with Crippen LogP contribution in [0, 0.1) is 0 Å². The first-order valence-electron chi connectivity index (χ1n) is 8.13. The number of unbranched alkanes of at least 4 members (excludes halogenated alkanes) is 4. The van der Waals surface area contributed by atoms with Crippen molar-refractivity contribution < 1.29 is 14.3 Å². The van der Waals surface area contributed by atoms with Crippen molar-refractivity contribution in [3.8, 4) is 0 Å². The molecule has 0 aliphatic heterocycles. The molecular formula is C18H24Cl2O3S. The molecule has 0 saturated carbocycles. The van der Waals surface area contributed by atoms with Gasteiger partial charge in [0.1, 0.15) is 6.42 Å². The second kappa shape index (κ2) is 12.6. The van der Waals surface area contributed by atoms with Gasteiger partial charge in [-0.1, -0.05) is 48.5 Å². The topological polar surface area (TPSA) is 43.4 Å². The van der Waals surface area contributed by atoms with E-state index in [0.29, 0.717) is 10.8 Å². The number of hydrogen-bond donors (Lipinski definition) is 0. The normalized spacial score (nSPS) is 10.6. The number of halogens is 2. The van der Waals surface area contributed by atoms with Crippen molar-refractivity contribution in [3.63, 3.8) is 0 Å². The fourth-order valence-electron chi connectivity index (χ4n) is 2.24. The zero-order chi connectivity index (χ0) is 17.8. The molecule has 6 heteroatoms. The van der Waals surface area contributed by atoms with Crippen LogP contribution in [-0.2, 0) is 20.7 Å². The monoisotopic (exact) mass is 390 g/mol. The number of thioether (sulfide) groups is 1. The zero-order valence-electron chi connectivity index (χ0n) is 14.0. The maximum Gasteiger partial charge on any atom is 0.313 e. The number of ether oxygens (including phenoxy) is 1. The molecule has 0 saturated heterocycles. The summed E-state index contributed by atoms with van der Waals surface area (Å²) in [4.78, 5) is 22.4. The van der Waals surface area contributed by atoms with Crippen molar-refractivity contribution in [2.75, 3.05) is 18.6 Å². The molecule has 0 atom stereocenters. The summed E-state index contributed by atoms with van der Waals surface area (Å²) in [7, 11) is 1.30. The smallest absolute Gasteiger partial charge is 0.313 e. The highest BCUT2D eigenvalue weighted by Crippen LogP contribution is 2.22. The first kappa shape index (κ1) is 21.3. The Hall–Kier alpha value is -0.710. The number of rotatable bonds is 12. The highest BCUT2D eigenvalue weighted by Gasteiger charge is 2.08. The Morgan fingerprint density at radius 2 is 1.79 bits per heavy atom. The third-order valence-corrected chi connectivity index (χ3v) is 5.27. The second-order valence-electron chi connectivity index (χ2n) is 5.60. The number of esters is 1. The molecule has 0 amide bonds. The highest BCUT2D eigenvalue weighted by molar-refractivity contribution is 7.99.